The Kier molecular flexibility index (Phi) is 4.19. The molecule has 2 heterocycles. The molecule has 0 aromatic heterocycles. The molecule has 0 radical (unpaired) electrons. The number of carbonyl (C=O) groups is 2. The molecule has 2 fully saturated rings. The lowest BCUT2D eigenvalue weighted by Gasteiger charge is -2.40. The fourth-order valence-electron chi connectivity index (χ4n) is 3.69. The quantitative estimate of drug-likeness (QED) is 0.842. The second-order valence-electron chi connectivity index (χ2n) is 6.54. The summed E-state index contributed by atoms with van der Waals surface area (Å²) in [6, 6.07) is 8.09. The first-order valence-corrected chi connectivity index (χ1v) is 8.19. The standard InChI is InChI=1S/C18H24N2O2/c1-13-5-7-14(8-6-13)17-15(9-10-16(21)19(17)2)18(22)20-11-3-4-12-20/h5-8,15,17H,3-4,9-12H2,1-2H3/t15-,17-/m1/s1. The Labute approximate surface area is 132 Å². The third-order valence-corrected chi connectivity index (χ3v) is 5.01. The van der Waals surface area contributed by atoms with Gasteiger partial charge >= 0.3 is 0 Å². The minimum absolute atomic E-state index is 0.108. The van der Waals surface area contributed by atoms with E-state index in [0.717, 1.165) is 31.5 Å². The summed E-state index contributed by atoms with van der Waals surface area (Å²) in [5, 5.41) is 0. The van der Waals surface area contributed by atoms with Gasteiger partial charge in [-0.3, -0.25) is 9.59 Å². The molecule has 2 atom stereocenters. The highest BCUT2D eigenvalue weighted by molar-refractivity contribution is 5.85. The molecule has 0 bridgehead atoms. The number of amides is 2. The predicted octanol–water partition coefficient (Wildman–Crippen LogP) is 2.53. The van der Waals surface area contributed by atoms with Crippen LogP contribution in [0.1, 0.15) is 42.9 Å². The van der Waals surface area contributed by atoms with Crippen LogP contribution in [0.4, 0.5) is 0 Å². The van der Waals surface area contributed by atoms with Gasteiger partial charge in [0.2, 0.25) is 11.8 Å². The summed E-state index contributed by atoms with van der Waals surface area (Å²) in [5.41, 5.74) is 2.26. The van der Waals surface area contributed by atoms with E-state index in [2.05, 4.69) is 24.3 Å². The van der Waals surface area contributed by atoms with E-state index in [1.54, 1.807) is 4.90 Å². The molecule has 1 aromatic carbocycles. The van der Waals surface area contributed by atoms with Crippen molar-refractivity contribution in [3.63, 3.8) is 0 Å². The van der Waals surface area contributed by atoms with Crippen molar-refractivity contribution in [2.75, 3.05) is 20.1 Å². The van der Waals surface area contributed by atoms with E-state index in [-0.39, 0.29) is 23.8 Å². The van der Waals surface area contributed by atoms with Gasteiger partial charge in [-0.2, -0.15) is 0 Å². The van der Waals surface area contributed by atoms with Gasteiger partial charge in [-0.05, 0) is 31.7 Å². The van der Waals surface area contributed by atoms with Gasteiger partial charge in [-0.25, -0.2) is 0 Å². The number of carbonyl (C=O) groups excluding carboxylic acids is 2. The van der Waals surface area contributed by atoms with Crippen molar-refractivity contribution in [2.45, 2.75) is 38.6 Å². The van der Waals surface area contributed by atoms with E-state index in [1.807, 2.05) is 18.9 Å². The molecule has 118 valence electrons. The fraction of sp³-hybridized carbons (Fsp3) is 0.556. The second-order valence-corrected chi connectivity index (χ2v) is 6.54. The first-order valence-electron chi connectivity index (χ1n) is 8.19. The number of benzene rings is 1. The largest absolute Gasteiger partial charge is 0.342 e. The predicted molar refractivity (Wildman–Crippen MR) is 85.2 cm³/mol. The van der Waals surface area contributed by atoms with Gasteiger partial charge in [0.1, 0.15) is 0 Å². The lowest BCUT2D eigenvalue weighted by atomic mass is 9.83. The van der Waals surface area contributed by atoms with E-state index in [1.165, 1.54) is 5.56 Å². The highest BCUT2D eigenvalue weighted by atomic mass is 16.2. The van der Waals surface area contributed by atoms with Crippen LogP contribution in [0.5, 0.6) is 0 Å². The Bertz CT molecular complexity index is 561. The topological polar surface area (TPSA) is 40.6 Å². The number of hydrogen-bond donors (Lipinski definition) is 0. The van der Waals surface area contributed by atoms with Crippen molar-refractivity contribution in [1.82, 2.24) is 9.80 Å². The number of rotatable bonds is 2. The first-order chi connectivity index (χ1) is 10.6. The van der Waals surface area contributed by atoms with Gasteiger partial charge in [-0.15, -0.1) is 0 Å². The maximum absolute atomic E-state index is 12.9. The third kappa shape index (κ3) is 2.74. The zero-order valence-corrected chi connectivity index (χ0v) is 13.4. The minimum atomic E-state index is -0.130. The normalized spacial score (nSPS) is 25.6. The monoisotopic (exact) mass is 300 g/mol. The maximum Gasteiger partial charge on any atom is 0.228 e. The Balaban J connectivity index is 1.90. The molecule has 4 nitrogen and oxygen atoms in total. The Morgan fingerprint density at radius 3 is 2.41 bits per heavy atom. The molecule has 0 spiro atoms. The van der Waals surface area contributed by atoms with E-state index < -0.39 is 0 Å². The molecule has 1 aromatic rings. The van der Waals surface area contributed by atoms with Crippen LogP contribution < -0.4 is 0 Å². The molecule has 2 aliphatic rings. The molecule has 0 N–H and O–H groups in total. The lowest BCUT2D eigenvalue weighted by molar-refractivity contribution is -0.146. The van der Waals surface area contributed by atoms with E-state index >= 15 is 0 Å². The number of likely N-dealkylation sites (tertiary alicyclic amines) is 2. The summed E-state index contributed by atoms with van der Waals surface area (Å²) in [4.78, 5) is 28.8. The van der Waals surface area contributed by atoms with Crippen LogP contribution in [0.25, 0.3) is 0 Å². The fourth-order valence-corrected chi connectivity index (χ4v) is 3.69. The molecule has 4 heteroatoms. The Morgan fingerprint density at radius 1 is 1.14 bits per heavy atom. The van der Waals surface area contributed by atoms with Crippen LogP contribution in [0.15, 0.2) is 24.3 Å². The van der Waals surface area contributed by atoms with E-state index in [9.17, 15) is 9.59 Å². The second kappa shape index (κ2) is 6.11. The molecule has 0 saturated carbocycles. The molecule has 3 rings (SSSR count). The van der Waals surface area contributed by atoms with Crippen LogP contribution in [0.2, 0.25) is 0 Å². The van der Waals surface area contributed by atoms with Crippen molar-refractivity contribution in [3.05, 3.63) is 35.4 Å². The third-order valence-electron chi connectivity index (χ3n) is 5.01. The summed E-state index contributed by atoms with van der Waals surface area (Å²) in [5.74, 6) is 0.252. The van der Waals surface area contributed by atoms with E-state index in [4.69, 9.17) is 0 Å². The maximum atomic E-state index is 12.9. The van der Waals surface area contributed by atoms with Crippen LogP contribution >= 0.6 is 0 Å². The van der Waals surface area contributed by atoms with Gasteiger partial charge in [0.25, 0.3) is 0 Å². The van der Waals surface area contributed by atoms with Gasteiger partial charge < -0.3 is 9.80 Å². The molecule has 2 amide bonds. The van der Waals surface area contributed by atoms with Crippen LogP contribution in [0, 0.1) is 12.8 Å². The molecular weight excluding hydrogens is 276 g/mol. The average Bonchev–Trinajstić information content (AvgIpc) is 3.05. The zero-order chi connectivity index (χ0) is 15.7. The Morgan fingerprint density at radius 2 is 1.77 bits per heavy atom. The Hall–Kier alpha value is -1.84. The van der Waals surface area contributed by atoms with E-state index in [0.29, 0.717) is 12.8 Å². The van der Waals surface area contributed by atoms with Crippen LogP contribution in [-0.2, 0) is 9.59 Å². The van der Waals surface area contributed by atoms with Crippen molar-refractivity contribution in [1.29, 1.82) is 0 Å². The van der Waals surface area contributed by atoms with Gasteiger partial charge in [0.15, 0.2) is 0 Å². The highest BCUT2D eigenvalue weighted by Gasteiger charge is 2.40. The van der Waals surface area contributed by atoms with Crippen molar-refractivity contribution < 1.29 is 9.59 Å². The van der Waals surface area contributed by atoms with Crippen molar-refractivity contribution in [2.24, 2.45) is 5.92 Å². The lowest BCUT2D eigenvalue weighted by Crippen LogP contribution is -2.47. The summed E-state index contributed by atoms with van der Waals surface area (Å²) in [7, 11) is 1.83. The molecule has 2 aliphatic heterocycles. The number of aryl methyl sites for hydroxylation is 1. The summed E-state index contributed by atoms with van der Waals surface area (Å²) in [6.45, 7) is 3.79. The van der Waals surface area contributed by atoms with Crippen molar-refractivity contribution >= 4 is 11.8 Å². The van der Waals surface area contributed by atoms with Crippen LogP contribution in [-0.4, -0.2) is 41.8 Å². The molecule has 0 aliphatic carbocycles. The zero-order valence-electron chi connectivity index (χ0n) is 13.4. The highest BCUT2D eigenvalue weighted by Crippen LogP contribution is 2.37. The summed E-state index contributed by atoms with van der Waals surface area (Å²) in [6.07, 6.45) is 3.34. The van der Waals surface area contributed by atoms with Gasteiger partial charge in [0, 0.05) is 26.6 Å². The molecule has 2 saturated heterocycles. The summed E-state index contributed by atoms with van der Waals surface area (Å²) < 4.78 is 0. The summed E-state index contributed by atoms with van der Waals surface area (Å²) >= 11 is 0. The smallest absolute Gasteiger partial charge is 0.228 e. The number of nitrogens with zero attached hydrogens (tertiary/aromatic N) is 2. The van der Waals surface area contributed by atoms with Crippen LogP contribution in [0.3, 0.4) is 0 Å². The SMILES string of the molecule is Cc1ccc([C@@H]2[C@H](C(=O)N3CCCC3)CCC(=O)N2C)cc1. The van der Waals surface area contributed by atoms with Gasteiger partial charge in [0.05, 0.1) is 12.0 Å². The average molecular weight is 300 g/mol. The number of hydrogen-bond acceptors (Lipinski definition) is 2. The minimum Gasteiger partial charge on any atom is -0.342 e. The van der Waals surface area contributed by atoms with Crippen molar-refractivity contribution in [3.8, 4) is 0 Å². The number of piperidine rings is 1. The molecule has 22 heavy (non-hydrogen) atoms. The van der Waals surface area contributed by atoms with Gasteiger partial charge in [-0.1, -0.05) is 29.8 Å². The molecule has 0 unspecified atom stereocenters. The molecular formula is C18H24N2O2. The first kappa shape index (κ1) is 15.1.